The smallest absolute Gasteiger partial charge is 0.213 e. The molecule has 0 aliphatic carbocycles. The van der Waals surface area contributed by atoms with Crippen LogP contribution in [0.15, 0.2) is 12.1 Å². The van der Waals surface area contributed by atoms with Gasteiger partial charge in [0.25, 0.3) is 0 Å². The summed E-state index contributed by atoms with van der Waals surface area (Å²) in [6, 6.07) is 4.44. The molecule has 1 aromatic rings. The molecule has 0 spiro atoms. The van der Waals surface area contributed by atoms with Crippen LogP contribution in [0.5, 0.6) is 5.88 Å². The average molecular weight is 296 g/mol. The molecule has 1 rings (SSSR count). The van der Waals surface area contributed by atoms with E-state index in [2.05, 4.69) is 30.2 Å². The van der Waals surface area contributed by atoms with Gasteiger partial charge in [0.15, 0.2) is 0 Å². The van der Waals surface area contributed by atoms with Crippen molar-refractivity contribution in [1.29, 1.82) is 0 Å². The summed E-state index contributed by atoms with van der Waals surface area (Å²) in [4.78, 5) is 4.46. The maximum absolute atomic E-state index is 5.59. The minimum absolute atomic E-state index is 0.468. The van der Waals surface area contributed by atoms with Crippen molar-refractivity contribution in [2.75, 3.05) is 33.5 Å². The minimum atomic E-state index is 0.468. The quantitative estimate of drug-likeness (QED) is 0.635. The lowest BCUT2D eigenvalue weighted by Crippen LogP contribution is -2.22. The Bertz CT molecular complexity index is 397. The molecule has 1 aromatic heterocycles. The molecule has 5 heteroatoms. The van der Waals surface area contributed by atoms with E-state index >= 15 is 0 Å². The van der Waals surface area contributed by atoms with Crippen molar-refractivity contribution in [2.24, 2.45) is 0 Å². The monoisotopic (exact) mass is 296 g/mol. The van der Waals surface area contributed by atoms with Crippen molar-refractivity contribution in [3.8, 4) is 5.88 Å². The molecular formula is C16H28N2O3. The van der Waals surface area contributed by atoms with E-state index in [1.165, 1.54) is 5.56 Å². The van der Waals surface area contributed by atoms with E-state index < -0.39 is 0 Å². The number of nitrogens with one attached hydrogen (secondary N) is 1. The number of ether oxygens (including phenoxy) is 3. The number of aryl methyl sites for hydroxylation is 1. The Morgan fingerprint density at radius 2 is 1.95 bits per heavy atom. The Hall–Kier alpha value is -1.17. The van der Waals surface area contributed by atoms with Gasteiger partial charge >= 0.3 is 0 Å². The van der Waals surface area contributed by atoms with Gasteiger partial charge in [0.2, 0.25) is 5.88 Å². The third kappa shape index (κ3) is 7.99. The first kappa shape index (κ1) is 17.9. The fourth-order valence-electron chi connectivity index (χ4n) is 1.76. The van der Waals surface area contributed by atoms with Gasteiger partial charge in [-0.25, -0.2) is 4.98 Å². The summed E-state index contributed by atoms with van der Waals surface area (Å²) in [7, 11) is 1.69. The van der Waals surface area contributed by atoms with Gasteiger partial charge in [-0.05, 0) is 18.9 Å². The predicted octanol–water partition coefficient (Wildman–Crippen LogP) is 2.32. The van der Waals surface area contributed by atoms with Crippen LogP contribution in [0, 0.1) is 6.92 Å². The van der Waals surface area contributed by atoms with Crippen molar-refractivity contribution < 1.29 is 14.2 Å². The third-order valence-corrected chi connectivity index (χ3v) is 2.99. The fraction of sp³-hybridized carbons (Fsp3) is 0.688. The molecule has 0 aromatic carbocycles. The highest BCUT2D eigenvalue weighted by Gasteiger charge is 2.03. The summed E-state index contributed by atoms with van der Waals surface area (Å²) in [5.41, 5.74) is 2.20. The highest BCUT2D eigenvalue weighted by atomic mass is 16.5. The zero-order valence-corrected chi connectivity index (χ0v) is 13.6. The van der Waals surface area contributed by atoms with Crippen LogP contribution in [0.1, 0.15) is 31.5 Å². The van der Waals surface area contributed by atoms with Gasteiger partial charge in [-0.1, -0.05) is 19.9 Å². The molecule has 0 amide bonds. The second-order valence-corrected chi connectivity index (χ2v) is 5.24. The van der Waals surface area contributed by atoms with E-state index in [1.807, 2.05) is 13.0 Å². The van der Waals surface area contributed by atoms with Crippen molar-refractivity contribution in [3.63, 3.8) is 0 Å². The van der Waals surface area contributed by atoms with Gasteiger partial charge in [0.1, 0.15) is 6.61 Å². The second-order valence-electron chi connectivity index (χ2n) is 5.24. The Labute approximate surface area is 128 Å². The fourth-order valence-corrected chi connectivity index (χ4v) is 1.76. The third-order valence-electron chi connectivity index (χ3n) is 2.99. The van der Waals surface area contributed by atoms with Crippen molar-refractivity contribution in [2.45, 2.75) is 39.8 Å². The van der Waals surface area contributed by atoms with E-state index in [-0.39, 0.29) is 0 Å². The number of methoxy groups -OCH3 is 1. The molecule has 120 valence electrons. The topological polar surface area (TPSA) is 52.6 Å². The van der Waals surface area contributed by atoms with Crippen LogP contribution in [-0.2, 0) is 16.0 Å². The second kappa shape index (κ2) is 10.5. The molecule has 1 heterocycles. The summed E-state index contributed by atoms with van der Waals surface area (Å²) in [6.07, 6.45) is 0.908. The number of aromatic nitrogens is 1. The number of pyridine rings is 1. The molecule has 0 atom stereocenters. The summed E-state index contributed by atoms with van der Waals surface area (Å²) in [5.74, 6) is 0.654. The van der Waals surface area contributed by atoms with Gasteiger partial charge in [-0.15, -0.1) is 0 Å². The Morgan fingerprint density at radius 3 is 2.62 bits per heavy atom. The number of hydrogen-bond donors (Lipinski definition) is 1. The Kier molecular flexibility index (Phi) is 8.98. The molecule has 21 heavy (non-hydrogen) atoms. The lowest BCUT2D eigenvalue weighted by molar-refractivity contribution is 0.0795. The van der Waals surface area contributed by atoms with Crippen LogP contribution in [0.2, 0.25) is 0 Å². The molecule has 0 aliphatic rings. The standard InChI is InChI=1S/C16H28N2O3/c1-13(2)17-12-15-6-7-16(18-14(15)3)21-11-10-20-9-5-8-19-4/h6-7,13,17H,5,8-12H2,1-4H3. The first-order chi connectivity index (χ1) is 10.1. The molecular weight excluding hydrogens is 268 g/mol. The zero-order valence-electron chi connectivity index (χ0n) is 13.6. The van der Waals surface area contributed by atoms with Crippen molar-refractivity contribution in [3.05, 3.63) is 23.4 Å². The van der Waals surface area contributed by atoms with E-state index in [1.54, 1.807) is 7.11 Å². The van der Waals surface area contributed by atoms with Gasteiger partial charge in [0, 0.05) is 44.7 Å². The maximum Gasteiger partial charge on any atom is 0.213 e. The van der Waals surface area contributed by atoms with Gasteiger partial charge in [-0.2, -0.15) is 0 Å². The average Bonchev–Trinajstić information content (AvgIpc) is 2.45. The lowest BCUT2D eigenvalue weighted by Gasteiger charge is -2.12. The molecule has 0 saturated heterocycles. The van der Waals surface area contributed by atoms with Gasteiger partial charge < -0.3 is 19.5 Å². The molecule has 0 aliphatic heterocycles. The van der Waals surface area contributed by atoms with E-state index in [4.69, 9.17) is 14.2 Å². The van der Waals surface area contributed by atoms with E-state index in [0.717, 1.165) is 25.3 Å². The van der Waals surface area contributed by atoms with Crippen LogP contribution in [-0.4, -0.2) is 44.6 Å². The first-order valence-electron chi connectivity index (χ1n) is 7.53. The highest BCUT2D eigenvalue weighted by molar-refractivity contribution is 5.24. The van der Waals surface area contributed by atoms with Crippen molar-refractivity contribution >= 4 is 0 Å². The summed E-state index contributed by atoms with van der Waals surface area (Å²) < 4.78 is 16.0. The first-order valence-corrected chi connectivity index (χ1v) is 7.53. The zero-order chi connectivity index (χ0) is 15.5. The van der Waals surface area contributed by atoms with Crippen LogP contribution in [0.25, 0.3) is 0 Å². The molecule has 0 radical (unpaired) electrons. The van der Waals surface area contributed by atoms with Crippen LogP contribution < -0.4 is 10.1 Å². The SMILES string of the molecule is COCCCOCCOc1ccc(CNC(C)C)c(C)n1. The van der Waals surface area contributed by atoms with Crippen LogP contribution in [0.4, 0.5) is 0 Å². The minimum Gasteiger partial charge on any atom is -0.475 e. The van der Waals surface area contributed by atoms with E-state index in [0.29, 0.717) is 31.7 Å². The summed E-state index contributed by atoms with van der Waals surface area (Å²) in [5, 5.41) is 3.39. The van der Waals surface area contributed by atoms with Crippen LogP contribution in [0.3, 0.4) is 0 Å². The normalized spacial score (nSPS) is 11.1. The Morgan fingerprint density at radius 1 is 1.14 bits per heavy atom. The van der Waals surface area contributed by atoms with Gasteiger partial charge in [0.05, 0.1) is 6.61 Å². The summed E-state index contributed by atoms with van der Waals surface area (Å²) >= 11 is 0. The van der Waals surface area contributed by atoms with E-state index in [9.17, 15) is 0 Å². The molecule has 0 fully saturated rings. The number of rotatable bonds is 11. The number of nitrogens with zero attached hydrogens (tertiary/aromatic N) is 1. The van der Waals surface area contributed by atoms with Crippen LogP contribution >= 0.6 is 0 Å². The summed E-state index contributed by atoms with van der Waals surface area (Å²) in [6.45, 7) is 9.62. The Balaban J connectivity index is 2.25. The molecule has 0 bridgehead atoms. The maximum atomic E-state index is 5.59. The molecule has 0 unspecified atom stereocenters. The van der Waals surface area contributed by atoms with Crippen molar-refractivity contribution in [1.82, 2.24) is 10.3 Å². The highest BCUT2D eigenvalue weighted by Crippen LogP contribution is 2.12. The lowest BCUT2D eigenvalue weighted by atomic mass is 10.2. The van der Waals surface area contributed by atoms with Gasteiger partial charge in [-0.3, -0.25) is 0 Å². The molecule has 5 nitrogen and oxygen atoms in total. The number of hydrogen-bond acceptors (Lipinski definition) is 5. The molecule has 1 N–H and O–H groups in total. The largest absolute Gasteiger partial charge is 0.475 e. The predicted molar refractivity (Wildman–Crippen MR) is 83.8 cm³/mol. The molecule has 0 saturated carbocycles.